The van der Waals surface area contributed by atoms with Crippen LogP contribution < -0.4 is 5.32 Å². The summed E-state index contributed by atoms with van der Waals surface area (Å²) in [6, 6.07) is 9.18. The summed E-state index contributed by atoms with van der Waals surface area (Å²) in [5.41, 5.74) is 2.41. The number of nitrogens with one attached hydrogen (secondary N) is 1. The van der Waals surface area contributed by atoms with E-state index in [1.165, 1.54) is 43.4 Å². The van der Waals surface area contributed by atoms with E-state index in [9.17, 15) is 0 Å². The van der Waals surface area contributed by atoms with Crippen LogP contribution >= 0.6 is 0 Å². The summed E-state index contributed by atoms with van der Waals surface area (Å²) < 4.78 is 5.89. The van der Waals surface area contributed by atoms with E-state index in [4.69, 9.17) is 4.42 Å². The highest BCUT2D eigenvalue weighted by molar-refractivity contribution is 5.82. The molecule has 0 spiro atoms. The van der Waals surface area contributed by atoms with Crippen molar-refractivity contribution in [2.45, 2.75) is 32.4 Å². The van der Waals surface area contributed by atoms with Crippen LogP contribution in [0, 0.1) is 12.8 Å². The summed E-state index contributed by atoms with van der Waals surface area (Å²) in [6.45, 7) is 6.77. The summed E-state index contributed by atoms with van der Waals surface area (Å²) in [5.74, 6) is 1.93. The minimum Gasteiger partial charge on any atom is -0.461 e. The first-order valence-electron chi connectivity index (χ1n) is 7.74. The number of aryl methyl sites for hydroxylation is 1. The van der Waals surface area contributed by atoms with Crippen molar-refractivity contribution in [2.75, 3.05) is 19.6 Å². The number of hydrogen-bond donors (Lipinski definition) is 1. The van der Waals surface area contributed by atoms with Gasteiger partial charge in [0.05, 0.1) is 0 Å². The number of fused-ring (bicyclic) bond motifs is 2. The van der Waals surface area contributed by atoms with Crippen LogP contribution in [0.5, 0.6) is 0 Å². The van der Waals surface area contributed by atoms with E-state index in [0.29, 0.717) is 0 Å². The molecule has 2 unspecified atom stereocenters. The second-order valence-electron chi connectivity index (χ2n) is 6.27. The molecular formula is C17H22N2O. The molecule has 0 aliphatic carbocycles. The van der Waals surface area contributed by atoms with Gasteiger partial charge in [0.15, 0.2) is 0 Å². The van der Waals surface area contributed by atoms with E-state index in [2.05, 4.69) is 35.3 Å². The predicted molar refractivity (Wildman–Crippen MR) is 80.7 cm³/mol. The minimum absolute atomic E-state index is 0.772. The summed E-state index contributed by atoms with van der Waals surface area (Å²) >= 11 is 0. The van der Waals surface area contributed by atoms with E-state index in [1.807, 2.05) is 6.07 Å². The van der Waals surface area contributed by atoms with Crippen LogP contribution in [0.2, 0.25) is 0 Å². The van der Waals surface area contributed by atoms with Gasteiger partial charge in [-0.25, -0.2) is 0 Å². The van der Waals surface area contributed by atoms with Gasteiger partial charge >= 0.3 is 0 Å². The zero-order valence-electron chi connectivity index (χ0n) is 12.1. The predicted octanol–water partition coefficient (Wildman–Crippen LogP) is 2.93. The fraction of sp³-hybridized carbons (Fsp3) is 0.529. The van der Waals surface area contributed by atoms with Crippen LogP contribution in [0.4, 0.5) is 0 Å². The molecule has 106 valence electrons. The molecule has 3 heteroatoms. The van der Waals surface area contributed by atoms with E-state index in [1.54, 1.807) is 0 Å². The Balaban J connectivity index is 1.57. The summed E-state index contributed by atoms with van der Waals surface area (Å²) in [7, 11) is 0. The van der Waals surface area contributed by atoms with Crippen molar-refractivity contribution < 1.29 is 4.42 Å². The van der Waals surface area contributed by atoms with Crippen LogP contribution in [0.1, 0.15) is 24.2 Å². The van der Waals surface area contributed by atoms with Gasteiger partial charge in [-0.3, -0.25) is 4.90 Å². The van der Waals surface area contributed by atoms with Crippen molar-refractivity contribution >= 4 is 11.0 Å². The quantitative estimate of drug-likeness (QED) is 0.909. The molecule has 2 aliphatic rings. The van der Waals surface area contributed by atoms with Gasteiger partial charge in [-0.1, -0.05) is 18.2 Å². The number of likely N-dealkylation sites (tertiary alicyclic amines) is 1. The highest BCUT2D eigenvalue weighted by atomic mass is 16.3. The Kier molecular flexibility index (Phi) is 3.04. The molecule has 0 amide bonds. The zero-order valence-corrected chi connectivity index (χ0v) is 12.1. The van der Waals surface area contributed by atoms with Gasteiger partial charge in [0, 0.05) is 30.1 Å². The molecule has 1 aromatic carbocycles. The third-order valence-electron chi connectivity index (χ3n) is 5.02. The second-order valence-corrected chi connectivity index (χ2v) is 6.27. The molecule has 0 bridgehead atoms. The van der Waals surface area contributed by atoms with E-state index < -0.39 is 0 Å². The Morgan fingerprint density at radius 2 is 2.20 bits per heavy atom. The van der Waals surface area contributed by atoms with Gasteiger partial charge in [-0.05, 0) is 44.8 Å². The molecule has 1 aromatic heterocycles. The lowest BCUT2D eigenvalue weighted by Crippen LogP contribution is -2.43. The van der Waals surface area contributed by atoms with E-state index >= 15 is 0 Å². The van der Waals surface area contributed by atoms with Crippen molar-refractivity contribution in [3.8, 4) is 0 Å². The lowest BCUT2D eigenvalue weighted by Gasteiger charge is -2.34. The van der Waals surface area contributed by atoms with Gasteiger partial charge in [-0.15, -0.1) is 0 Å². The van der Waals surface area contributed by atoms with Crippen molar-refractivity contribution in [3.05, 3.63) is 35.6 Å². The van der Waals surface area contributed by atoms with E-state index in [0.717, 1.165) is 29.8 Å². The Labute approximate surface area is 119 Å². The molecule has 20 heavy (non-hydrogen) atoms. The van der Waals surface area contributed by atoms with Gasteiger partial charge in [0.25, 0.3) is 0 Å². The minimum atomic E-state index is 0.772. The molecule has 2 saturated heterocycles. The highest BCUT2D eigenvalue weighted by Crippen LogP contribution is 2.30. The summed E-state index contributed by atoms with van der Waals surface area (Å²) in [4.78, 5) is 2.61. The molecule has 0 radical (unpaired) electrons. The number of benzene rings is 1. The van der Waals surface area contributed by atoms with Gasteiger partial charge < -0.3 is 9.73 Å². The van der Waals surface area contributed by atoms with Crippen LogP contribution in [-0.4, -0.2) is 30.6 Å². The Morgan fingerprint density at radius 3 is 3.15 bits per heavy atom. The lowest BCUT2D eigenvalue weighted by atomic mass is 9.93. The lowest BCUT2D eigenvalue weighted by molar-refractivity contribution is 0.155. The van der Waals surface area contributed by atoms with Crippen LogP contribution in [0.25, 0.3) is 11.0 Å². The molecule has 2 aliphatic heterocycles. The van der Waals surface area contributed by atoms with Crippen LogP contribution in [0.3, 0.4) is 0 Å². The molecule has 0 saturated carbocycles. The normalized spacial score (nSPS) is 27.1. The van der Waals surface area contributed by atoms with Crippen LogP contribution in [0.15, 0.2) is 28.7 Å². The van der Waals surface area contributed by atoms with E-state index in [-0.39, 0.29) is 0 Å². The fourth-order valence-corrected chi connectivity index (χ4v) is 3.91. The molecule has 2 aromatic rings. The third kappa shape index (κ3) is 2.05. The maximum absolute atomic E-state index is 5.89. The largest absolute Gasteiger partial charge is 0.461 e. The SMILES string of the molecule is Cc1oc2ccccc2c1CN1CCC2NCCC2C1. The number of rotatable bonds is 2. The second kappa shape index (κ2) is 4.90. The first-order valence-corrected chi connectivity index (χ1v) is 7.74. The van der Waals surface area contributed by atoms with Crippen molar-refractivity contribution in [1.29, 1.82) is 0 Å². The standard InChI is InChI=1S/C17H22N2O/c1-12-15(14-4-2-3-5-17(14)20-12)11-19-9-7-16-13(10-19)6-8-18-16/h2-5,13,16,18H,6-11H2,1H3. The van der Waals surface area contributed by atoms with Crippen molar-refractivity contribution in [3.63, 3.8) is 0 Å². The first-order chi connectivity index (χ1) is 9.81. The number of hydrogen-bond acceptors (Lipinski definition) is 3. The van der Waals surface area contributed by atoms with Crippen molar-refractivity contribution in [2.24, 2.45) is 5.92 Å². The Morgan fingerprint density at radius 1 is 1.30 bits per heavy atom. The van der Waals surface area contributed by atoms with Gasteiger partial charge in [0.1, 0.15) is 11.3 Å². The highest BCUT2D eigenvalue weighted by Gasteiger charge is 2.32. The average molecular weight is 270 g/mol. The number of furan rings is 1. The molecule has 2 fully saturated rings. The number of piperidine rings is 1. The van der Waals surface area contributed by atoms with Crippen LogP contribution in [-0.2, 0) is 6.54 Å². The molecular weight excluding hydrogens is 248 g/mol. The summed E-state index contributed by atoms with van der Waals surface area (Å²) in [6.07, 6.45) is 2.63. The number of nitrogens with zero attached hydrogens (tertiary/aromatic N) is 1. The molecule has 2 atom stereocenters. The maximum Gasteiger partial charge on any atom is 0.134 e. The monoisotopic (exact) mass is 270 g/mol. The Bertz CT molecular complexity index is 618. The average Bonchev–Trinajstić information content (AvgIpc) is 3.04. The first kappa shape index (κ1) is 12.4. The molecule has 4 rings (SSSR count). The molecule has 3 heterocycles. The Hall–Kier alpha value is -1.32. The third-order valence-corrected chi connectivity index (χ3v) is 5.02. The molecule has 1 N–H and O–H groups in total. The van der Waals surface area contributed by atoms with Gasteiger partial charge in [-0.2, -0.15) is 0 Å². The van der Waals surface area contributed by atoms with Crippen molar-refractivity contribution in [1.82, 2.24) is 10.2 Å². The zero-order chi connectivity index (χ0) is 13.5. The smallest absolute Gasteiger partial charge is 0.134 e. The van der Waals surface area contributed by atoms with Gasteiger partial charge in [0.2, 0.25) is 0 Å². The topological polar surface area (TPSA) is 28.4 Å². The molecule has 3 nitrogen and oxygen atoms in total. The maximum atomic E-state index is 5.89. The summed E-state index contributed by atoms with van der Waals surface area (Å²) in [5, 5.41) is 4.92. The number of para-hydroxylation sites is 1. The fourth-order valence-electron chi connectivity index (χ4n) is 3.91.